The van der Waals surface area contributed by atoms with E-state index in [1.807, 2.05) is 6.07 Å². The number of halogens is 1. The third-order valence-electron chi connectivity index (χ3n) is 6.10. The summed E-state index contributed by atoms with van der Waals surface area (Å²) in [5.41, 5.74) is 0.961. The molecule has 5 rings (SSSR count). The van der Waals surface area contributed by atoms with Crippen molar-refractivity contribution in [1.82, 2.24) is 34.6 Å². The predicted molar refractivity (Wildman–Crippen MR) is 156 cm³/mol. The van der Waals surface area contributed by atoms with E-state index in [9.17, 15) is 18.0 Å². The molecule has 2 aromatic heterocycles. The summed E-state index contributed by atoms with van der Waals surface area (Å²) in [6, 6.07) is 12.9. The fourth-order valence-corrected chi connectivity index (χ4v) is 7.21. The van der Waals surface area contributed by atoms with Crippen LogP contribution < -0.4 is 10.6 Å². The van der Waals surface area contributed by atoms with Gasteiger partial charge in [0.05, 0.1) is 22.9 Å². The highest BCUT2D eigenvalue weighted by Crippen LogP contribution is 2.25. The number of thioether (sulfide) groups is 1. The SMILES string of the molecule is Cc1nnc(NC(=O)CSc2nnc(CNC(=O)c3ccc(S(=O)(=O)N4CCCC4)cc3)n2-c2cccc(Cl)c2)s1. The zero-order chi connectivity index (χ0) is 29.0. The molecule has 1 aliphatic rings. The topological polar surface area (TPSA) is 152 Å². The standard InChI is InChI=1S/C25H25ClN8O4S3/c1-16-29-31-24(40-16)28-22(35)15-39-25-32-30-21(34(25)19-6-4-5-18(26)13-19)14-27-23(36)17-7-9-20(10-8-17)41(37,38)33-11-2-3-12-33/h4-10,13H,2-3,11-12,14-15H2,1H3,(H,27,36)(H,28,31,35). The van der Waals surface area contributed by atoms with Gasteiger partial charge in [-0.05, 0) is 62.2 Å². The molecule has 1 fully saturated rings. The van der Waals surface area contributed by atoms with Gasteiger partial charge in [-0.3, -0.25) is 19.5 Å². The Kier molecular flexibility index (Phi) is 8.99. The van der Waals surface area contributed by atoms with E-state index in [4.69, 9.17) is 11.6 Å². The van der Waals surface area contributed by atoms with Crippen molar-refractivity contribution >= 4 is 61.7 Å². The molecule has 2 aromatic carbocycles. The molecular formula is C25H25ClN8O4S3. The molecule has 214 valence electrons. The van der Waals surface area contributed by atoms with Crippen LogP contribution in [0.5, 0.6) is 0 Å². The Morgan fingerprint density at radius 2 is 1.80 bits per heavy atom. The first kappa shape index (κ1) is 29.1. The molecule has 1 aliphatic heterocycles. The Balaban J connectivity index is 1.28. The van der Waals surface area contributed by atoms with E-state index in [1.165, 1.54) is 39.9 Å². The van der Waals surface area contributed by atoms with Gasteiger partial charge >= 0.3 is 0 Å². The van der Waals surface area contributed by atoms with E-state index in [1.54, 1.807) is 29.7 Å². The van der Waals surface area contributed by atoms with Crippen LogP contribution in [0.2, 0.25) is 5.02 Å². The van der Waals surface area contributed by atoms with Gasteiger partial charge in [-0.15, -0.1) is 20.4 Å². The minimum Gasteiger partial charge on any atom is -0.345 e. The number of carbonyl (C=O) groups is 2. The summed E-state index contributed by atoms with van der Waals surface area (Å²) in [7, 11) is -3.57. The smallest absolute Gasteiger partial charge is 0.251 e. The number of sulfonamides is 1. The highest BCUT2D eigenvalue weighted by Gasteiger charge is 2.27. The van der Waals surface area contributed by atoms with E-state index in [2.05, 4.69) is 31.0 Å². The molecule has 0 atom stereocenters. The van der Waals surface area contributed by atoms with Gasteiger partial charge in [0.15, 0.2) is 11.0 Å². The minimum atomic E-state index is -3.57. The van der Waals surface area contributed by atoms with Crippen LogP contribution in [-0.4, -0.2) is 68.3 Å². The number of nitrogens with one attached hydrogen (secondary N) is 2. The fourth-order valence-electron chi connectivity index (χ4n) is 4.13. The highest BCUT2D eigenvalue weighted by molar-refractivity contribution is 7.99. The number of benzene rings is 2. The lowest BCUT2D eigenvalue weighted by atomic mass is 10.2. The van der Waals surface area contributed by atoms with Gasteiger partial charge in [0.2, 0.25) is 21.1 Å². The summed E-state index contributed by atoms with van der Waals surface area (Å²) in [5.74, 6) is -0.235. The van der Waals surface area contributed by atoms with E-state index in [-0.39, 0.29) is 23.1 Å². The van der Waals surface area contributed by atoms with Gasteiger partial charge in [-0.2, -0.15) is 4.31 Å². The molecule has 2 amide bonds. The van der Waals surface area contributed by atoms with Crippen LogP contribution in [0, 0.1) is 6.92 Å². The van der Waals surface area contributed by atoms with Crippen molar-refractivity contribution in [2.45, 2.75) is 36.4 Å². The van der Waals surface area contributed by atoms with Gasteiger partial charge in [-0.25, -0.2) is 8.42 Å². The maximum absolute atomic E-state index is 12.9. The second kappa shape index (κ2) is 12.7. The summed E-state index contributed by atoms with van der Waals surface area (Å²) in [6.07, 6.45) is 1.69. The van der Waals surface area contributed by atoms with Crippen LogP contribution in [0.4, 0.5) is 5.13 Å². The summed E-state index contributed by atoms with van der Waals surface area (Å²) < 4.78 is 28.7. The molecule has 4 aromatic rings. The van der Waals surface area contributed by atoms with Crippen molar-refractivity contribution in [3.63, 3.8) is 0 Å². The van der Waals surface area contributed by atoms with Gasteiger partial charge in [0.25, 0.3) is 5.91 Å². The van der Waals surface area contributed by atoms with Crippen LogP contribution in [0.3, 0.4) is 0 Å². The predicted octanol–water partition coefficient (Wildman–Crippen LogP) is 3.53. The number of hydrogen-bond donors (Lipinski definition) is 2. The molecule has 0 spiro atoms. The molecule has 0 radical (unpaired) electrons. The van der Waals surface area contributed by atoms with Crippen molar-refractivity contribution in [3.8, 4) is 5.69 Å². The lowest BCUT2D eigenvalue weighted by molar-refractivity contribution is -0.113. The molecule has 1 saturated heterocycles. The van der Waals surface area contributed by atoms with Gasteiger partial charge < -0.3 is 5.32 Å². The number of rotatable bonds is 10. The van der Waals surface area contributed by atoms with E-state index in [0.29, 0.717) is 45.5 Å². The van der Waals surface area contributed by atoms with Crippen LogP contribution >= 0.6 is 34.7 Å². The van der Waals surface area contributed by atoms with Gasteiger partial charge in [0.1, 0.15) is 5.01 Å². The third-order valence-corrected chi connectivity index (χ3v) is 9.93. The first-order valence-electron chi connectivity index (χ1n) is 12.5. The molecule has 0 bridgehead atoms. The molecular weight excluding hydrogens is 608 g/mol. The van der Waals surface area contributed by atoms with Crippen LogP contribution in [-0.2, 0) is 21.4 Å². The van der Waals surface area contributed by atoms with Crippen LogP contribution in [0.1, 0.15) is 34.0 Å². The van der Waals surface area contributed by atoms with Crippen LogP contribution in [0.25, 0.3) is 5.69 Å². The molecule has 0 aliphatic carbocycles. The number of carbonyl (C=O) groups excluding carboxylic acids is 2. The van der Waals surface area contributed by atoms with Crippen molar-refractivity contribution in [1.29, 1.82) is 0 Å². The van der Waals surface area contributed by atoms with Crippen molar-refractivity contribution < 1.29 is 18.0 Å². The van der Waals surface area contributed by atoms with Crippen molar-refractivity contribution in [2.24, 2.45) is 0 Å². The zero-order valence-corrected chi connectivity index (χ0v) is 25.0. The van der Waals surface area contributed by atoms with E-state index < -0.39 is 15.9 Å². The second-order valence-electron chi connectivity index (χ2n) is 9.00. The van der Waals surface area contributed by atoms with Crippen LogP contribution in [0.15, 0.2) is 58.6 Å². The average molecular weight is 633 g/mol. The normalized spacial score (nSPS) is 13.8. The highest BCUT2D eigenvalue weighted by atomic mass is 35.5. The Morgan fingerprint density at radius 1 is 1.05 bits per heavy atom. The molecule has 12 nitrogen and oxygen atoms in total. The summed E-state index contributed by atoms with van der Waals surface area (Å²) >= 11 is 8.67. The lowest BCUT2D eigenvalue weighted by Crippen LogP contribution is -2.28. The molecule has 3 heterocycles. The lowest BCUT2D eigenvalue weighted by Gasteiger charge is -2.15. The zero-order valence-electron chi connectivity index (χ0n) is 21.8. The monoisotopic (exact) mass is 632 g/mol. The number of aromatic nitrogens is 5. The number of aryl methyl sites for hydroxylation is 1. The number of nitrogens with zero attached hydrogens (tertiary/aromatic N) is 6. The molecule has 16 heteroatoms. The minimum absolute atomic E-state index is 0.0169. The maximum atomic E-state index is 12.9. The number of amides is 2. The van der Waals surface area contributed by atoms with Gasteiger partial charge in [-0.1, -0.05) is 40.8 Å². The summed E-state index contributed by atoms with van der Waals surface area (Å²) in [6.45, 7) is 2.82. The second-order valence-corrected chi connectivity index (χ2v) is 13.5. The summed E-state index contributed by atoms with van der Waals surface area (Å²) in [5, 5.41) is 23.8. The Bertz CT molecular complexity index is 1670. The Morgan fingerprint density at radius 3 is 2.49 bits per heavy atom. The summed E-state index contributed by atoms with van der Waals surface area (Å²) in [4.78, 5) is 25.5. The third kappa shape index (κ3) is 6.93. The van der Waals surface area contributed by atoms with Crippen molar-refractivity contribution in [2.75, 3.05) is 24.2 Å². The largest absolute Gasteiger partial charge is 0.345 e. The average Bonchev–Trinajstić information content (AvgIpc) is 3.72. The fraction of sp³-hybridized carbons (Fsp3) is 0.280. The van der Waals surface area contributed by atoms with Crippen molar-refractivity contribution in [3.05, 3.63) is 69.9 Å². The quantitative estimate of drug-likeness (QED) is 0.250. The molecule has 0 unspecified atom stereocenters. The molecule has 0 saturated carbocycles. The first-order valence-corrected chi connectivity index (χ1v) is 16.1. The van der Waals surface area contributed by atoms with Gasteiger partial charge in [0, 0.05) is 23.7 Å². The Hall–Kier alpha value is -3.37. The maximum Gasteiger partial charge on any atom is 0.251 e. The Labute approximate surface area is 249 Å². The molecule has 41 heavy (non-hydrogen) atoms. The van der Waals surface area contributed by atoms with E-state index in [0.717, 1.165) is 29.6 Å². The molecule has 2 N–H and O–H groups in total. The number of anilines is 1. The van der Waals surface area contributed by atoms with E-state index >= 15 is 0 Å². The first-order chi connectivity index (χ1) is 19.7. The number of hydrogen-bond acceptors (Lipinski definition) is 10.